The number of carbonyl (C=O) groups is 2. The Kier molecular flexibility index (Phi) is 6.32. The summed E-state index contributed by atoms with van der Waals surface area (Å²) in [5.74, 6) is -1.47. The third-order valence-corrected chi connectivity index (χ3v) is 6.61. The zero-order chi connectivity index (χ0) is 23.7. The Labute approximate surface area is 192 Å². The van der Waals surface area contributed by atoms with Crippen LogP contribution in [-0.2, 0) is 11.2 Å². The average Bonchev–Trinajstić information content (AvgIpc) is 3.05. The van der Waals surface area contributed by atoms with Crippen molar-refractivity contribution in [2.24, 2.45) is 11.7 Å². The Morgan fingerprint density at radius 3 is 2.76 bits per heavy atom. The number of rotatable bonds is 7. The van der Waals surface area contributed by atoms with Crippen molar-refractivity contribution in [1.82, 2.24) is 10.3 Å². The molecule has 1 aromatic carbocycles. The van der Waals surface area contributed by atoms with Crippen molar-refractivity contribution < 1.29 is 23.1 Å². The SMILES string of the molecule is Cc1ccc2c(N)c(C(=O)NCCc3cc(F)c(N4CC(COC(N)=O)C4)cc3F)sc2n1. The highest BCUT2D eigenvalue weighted by atomic mass is 32.1. The number of carbonyl (C=O) groups excluding carboxylic acids is 2. The summed E-state index contributed by atoms with van der Waals surface area (Å²) in [6.45, 7) is 2.99. The number of nitrogens with two attached hydrogens (primary N) is 2. The summed E-state index contributed by atoms with van der Waals surface area (Å²) >= 11 is 1.19. The molecule has 4 rings (SSSR count). The summed E-state index contributed by atoms with van der Waals surface area (Å²) in [6, 6.07) is 5.94. The van der Waals surface area contributed by atoms with Gasteiger partial charge in [0, 0.05) is 42.7 Å². The number of fused-ring (bicyclic) bond motifs is 1. The lowest BCUT2D eigenvalue weighted by Crippen LogP contribution is -2.49. The summed E-state index contributed by atoms with van der Waals surface area (Å²) in [7, 11) is 0. The molecular weight excluding hydrogens is 452 g/mol. The third-order valence-electron chi connectivity index (χ3n) is 5.49. The highest BCUT2D eigenvalue weighted by molar-refractivity contribution is 7.21. The molecule has 11 heteroatoms. The number of pyridine rings is 1. The number of amides is 2. The molecule has 0 saturated carbocycles. The summed E-state index contributed by atoms with van der Waals surface area (Å²) in [4.78, 5) is 30.3. The van der Waals surface area contributed by atoms with Gasteiger partial charge in [-0.3, -0.25) is 4.79 Å². The van der Waals surface area contributed by atoms with Gasteiger partial charge in [0.15, 0.2) is 0 Å². The molecule has 3 heterocycles. The summed E-state index contributed by atoms with van der Waals surface area (Å²) in [6.07, 6.45) is -0.740. The van der Waals surface area contributed by atoms with Crippen LogP contribution in [0.25, 0.3) is 10.2 Å². The molecule has 0 atom stereocenters. The van der Waals surface area contributed by atoms with Gasteiger partial charge in [-0.2, -0.15) is 0 Å². The number of halogens is 2. The molecule has 0 radical (unpaired) electrons. The first-order chi connectivity index (χ1) is 15.7. The van der Waals surface area contributed by atoms with Crippen LogP contribution in [0.1, 0.15) is 20.9 Å². The van der Waals surface area contributed by atoms with Crippen LogP contribution in [0.15, 0.2) is 24.3 Å². The third kappa shape index (κ3) is 4.82. The Hall–Kier alpha value is -3.47. The molecule has 0 unspecified atom stereocenters. The van der Waals surface area contributed by atoms with Crippen molar-refractivity contribution in [3.05, 3.63) is 52.0 Å². The molecule has 1 fully saturated rings. The van der Waals surface area contributed by atoms with Crippen LogP contribution in [-0.4, -0.2) is 43.2 Å². The second-order valence-electron chi connectivity index (χ2n) is 7.95. The van der Waals surface area contributed by atoms with Crippen molar-refractivity contribution in [2.75, 3.05) is 36.9 Å². The number of nitrogens with zero attached hydrogens (tertiary/aromatic N) is 2. The number of ether oxygens (including phenoxy) is 1. The van der Waals surface area contributed by atoms with Gasteiger partial charge in [0.25, 0.3) is 5.91 Å². The maximum atomic E-state index is 14.6. The van der Waals surface area contributed by atoms with Gasteiger partial charge in [-0.05, 0) is 37.1 Å². The molecule has 33 heavy (non-hydrogen) atoms. The Morgan fingerprint density at radius 1 is 1.27 bits per heavy atom. The van der Waals surface area contributed by atoms with E-state index in [1.54, 1.807) is 4.90 Å². The second kappa shape index (κ2) is 9.18. The second-order valence-corrected chi connectivity index (χ2v) is 8.95. The van der Waals surface area contributed by atoms with E-state index in [1.165, 1.54) is 11.3 Å². The van der Waals surface area contributed by atoms with E-state index in [2.05, 4.69) is 10.3 Å². The average molecular weight is 476 g/mol. The number of primary amides is 1. The fourth-order valence-corrected chi connectivity index (χ4v) is 4.79. The molecule has 0 spiro atoms. The molecule has 5 N–H and O–H groups in total. The Bertz CT molecular complexity index is 1230. The van der Waals surface area contributed by atoms with Gasteiger partial charge in [-0.25, -0.2) is 18.6 Å². The van der Waals surface area contributed by atoms with E-state index >= 15 is 0 Å². The van der Waals surface area contributed by atoms with E-state index in [0.717, 1.165) is 17.8 Å². The Balaban J connectivity index is 1.34. The van der Waals surface area contributed by atoms with Crippen LogP contribution in [0.2, 0.25) is 0 Å². The zero-order valence-electron chi connectivity index (χ0n) is 17.9. The molecule has 1 aliphatic heterocycles. The molecule has 0 bridgehead atoms. The van der Waals surface area contributed by atoms with Gasteiger partial charge >= 0.3 is 6.09 Å². The minimum Gasteiger partial charge on any atom is -0.449 e. The summed E-state index contributed by atoms with van der Waals surface area (Å²) < 4.78 is 33.9. The number of thiophene rings is 1. The zero-order valence-corrected chi connectivity index (χ0v) is 18.7. The maximum absolute atomic E-state index is 14.6. The smallest absolute Gasteiger partial charge is 0.404 e. The number of benzene rings is 1. The number of nitrogens with one attached hydrogen (secondary N) is 1. The minimum atomic E-state index is -0.857. The number of nitrogen functional groups attached to an aromatic ring is 1. The fourth-order valence-electron chi connectivity index (χ4n) is 3.73. The number of hydrogen-bond acceptors (Lipinski definition) is 7. The van der Waals surface area contributed by atoms with Crippen molar-refractivity contribution in [3.63, 3.8) is 0 Å². The van der Waals surface area contributed by atoms with Crippen LogP contribution in [0.5, 0.6) is 0 Å². The fraction of sp³-hybridized carbons (Fsp3) is 0.318. The van der Waals surface area contributed by atoms with E-state index in [-0.39, 0.29) is 42.6 Å². The van der Waals surface area contributed by atoms with Crippen LogP contribution in [0.4, 0.5) is 25.0 Å². The largest absolute Gasteiger partial charge is 0.449 e. The topological polar surface area (TPSA) is 124 Å². The summed E-state index contributed by atoms with van der Waals surface area (Å²) in [5.41, 5.74) is 12.5. The molecule has 0 aliphatic carbocycles. The van der Waals surface area contributed by atoms with Crippen LogP contribution in [0, 0.1) is 24.5 Å². The van der Waals surface area contributed by atoms with Crippen molar-refractivity contribution in [2.45, 2.75) is 13.3 Å². The lowest BCUT2D eigenvalue weighted by Gasteiger charge is -2.40. The molecule has 1 aliphatic rings. The van der Waals surface area contributed by atoms with Gasteiger partial charge in [-0.15, -0.1) is 11.3 Å². The van der Waals surface area contributed by atoms with E-state index in [0.29, 0.717) is 33.9 Å². The van der Waals surface area contributed by atoms with Gasteiger partial charge < -0.3 is 26.4 Å². The standard InChI is InChI=1S/C22H23F2N5O3S/c1-11-2-3-14-18(25)19(33-21(14)28-11)20(30)27-5-4-13-6-16(24)17(7-15(13)23)29-8-12(9-29)10-32-22(26)31/h2-3,6-7,12H,4-5,8-10,25H2,1H3,(H2,26,31)(H,27,30). The first-order valence-corrected chi connectivity index (χ1v) is 11.1. The first kappa shape index (κ1) is 22.7. The van der Waals surface area contributed by atoms with E-state index in [1.807, 2.05) is 19.1 Å². The predicted molar refractivity (Wildman–Crippen MR) is 122 cm³/mol. The normalized spacial score (nSPS) is 13.7. The molecule has 2 amide bonds. The lowest BCUT2D eigenvalue weighted by atomic mass is 9.99. The van der Waals surface area contributed by atoms with Crippen molar-refractivity contribution >= 4 is 44.9 Å². The van der Waals surface area contributed by atoms with Crippen LogP contribution < -0.4 is 21.7 Å². The Morgan fingerprint density at radius 2 is 2.03 bits per heavy atom. The van der Waals surface area contributed by atoms with Gasteiger partial charge in [0.1, 0.15) is 21.3 Å². The predicted octanol–water partition coefficient (Wildman–Crippen LogP) is 2.97. The molecule has 1 saturated heterocycles. The molecule has 3 aromatic rings. The molecule has 174 valence electrons. The lowest BCUT2D eigenvalue weighted by molar-refractivity contribution is 0.0958. The monoisotopic (exact) mass is 475 g/mol. The van der Waals surface area contributed by atoms with Gasteiger partial charge in [0.05, 0.1) is 18.0 Å². The van der Waals surface area contributed by atoms with Crippen molar-refractivity contribution in [3.8, 4) is 0 Å². The molecule has 2 aromatic heterocycles. The van der Waals surface area contributed by atoms with Crippen LogP contribution >= 0.6 is 11.3 Å². The number of aryl methyl sites for hydroxylation is 1. The molecule has 8 nitrogen and oxygen atoms in total. The minimum absolute atomic E-state index is 0.0234. The first-order valence-electron chi connectivity index (χ1n) is 10.3. The van der Waals surface area contributed by atoms with Gasteiger partial charge in [-0.1, -0.05) is 0 Å². The molecular formula is C22H23F2N5O3S. The van der Waals surface area contributed by atoms with E-state index < -0.39 is 17.7 Å². The highest BCUT2D eigenvalue weighted by Crippen LogP contribution is 2.32. The number of aromatic nitrogens is 1. The van der Waals surface area contributed by atoms with E-state index in [9.17, 15) is 18.4 Å². The van der Waals surface area contributed by atoms with Crippen LogP contribution in [0.3, 0.4) is 0 Å². The highest BCUT2D eigenvalue weighted by Gasteiger charge is 2.30. The van der Waals surface area contributed by atoms with Gasteiger partial charge in [0.2, 0.25) is 0 Å². The van der Waals surface area contributed by atoms with Crippen molar-refractivity contribution in [1.29, 1.82) is 0 Å². The number of anilines is 2. The summed E-state index contributed by atoms with van der Waals surface area (Å²) in [5, 5.41) is 3.43. The number of hydrogen-bond donors (Lipinski definition) is 3. The quantitative estimate of drug-likeness (QED) is 0.483. The maximum Gasteiger partial charge on any atom is 0.404 e. The van der Waals surface area contributed by atoms with E-state index in [4.69, 9.17) is 16.2 Å².